The van der Waals surface area contributed by atoms with Gasteiger partial charge in [-0.15, -0.1) is 0 Å². The number of rotatable bonds is 4. The Balaban J connectivity index is 1.70. The van der Waals surface area contributed by atoms with Gasteiger partial charge >= 0.3 is 0 Å². The number of nitrogens with one attached hydrogen (secondary N) is 1. The molecule has 2 aromatic rings. The highest BCUT2D eigenvalue weighted by molar-refractivity contribution is 9.10. The summed E-state index contributed by atoms with van der Waals surface area (Å²) in [6.45, 7) is 2.87. The van der Waals surface area contributed by atoms with Crippen molar-refractivity contribution in [3.63, 3.8) is 0 Å². The number of anilines is 2. The Morgan fingerprint density at radius 2 is 1.90 bits per heavy atom. The summed E-state index contributed by atoms with van der Waals surface area (Å²) in [7, 11) is 0. The molecular weight excluding hydrogens is 331 g/mol. The first kappa shape index (κ1) is 14.4. The van der Waals surface area contributed by atoms with E-state index in [4.69, 9.17) is 0 Å². The fourth-order valence-electron chi connectivity index (χ4n) is 2.66. The van der Waals surface area contributed by atoms with Crippen LogP contribution in [0.15, 0.2) is 46.9 Å². The Labute approximate surface area is 133 Å². The van der Waals surface area contributed by atoms with E-state index in [2.05, 4.69) is 44.3 Å². The molecular formula is C17H18BrFN2. The van der Waals surface area contributed by atoms with E-state index in [9.17, 15) is 4.39 Å². The Bertz CT molecular complexity index is 624. The van der Waals surface area contributed by atoms with Crippen LogP contribution in [0.3, 0.4) is 0 Å². The van der Waals surface area contributed by atoms with Crippen LogP contribution < -0.4 is 10.2 Å². The van der Waals surface area contributed by atoms with E-state index in [0.717, 1.165) is 28.8 Å². The molecule has 0 aromatic heterocycles. The van der Waals surface area contributed by atoms with Gasteiger partial charge in [-0.1, -0.05) is 22.0 Å². The Hall–Kier alpha value is -1.55. The number of halogens is 2. The van der Waals surface area contributed by atoms with E-state index in [0.29, 0.717) is 6.54 Å². The number of hydrogen-bond donors (Lipinski definition) is 1. The summed E-state index contributed by atoms with van der Waals surface area (Å²) >= 11 is 3.46. The molecule has 21 heavy (non-hydrogen) atoms. The van der Waals surface area contributed by atoms with E-state index in [-0.39, 0.29) is 5.82 Å². The van der Waals surface area contributed by atoms with Crippen molar-refractivity contribution in [1.82, 2.24) is 0 Å². The Kier molecular flexibility index (Phi) is 4.44. The van der Waals surface area contributed by atoms with E-state index in [1.807, 2.05) is 6.07 Å². The van der Waals surface area contributed by atoms with Gasteiger partial charge < -0.3 is 10.2 Å². The highest BCUT2D eigenvalue weighted by Gasteiger charge is 2.12. The number of nitrogens with zero attached hydrogens (tertiary/aromatic N) is 1. The molecule has 0 atom stereocenters. The SMILES string of the molecule is Fc1ccc(Br)c(CNc2cccc(N3CCCC3)c2)c1. The maximum absolute atomic E-state index is 13.3. The molecule has 110 valence electrons. The summed E-state index contributed by atoms with van der Waals surface area (Å²) in [5.74, 6) is -0.208. The van der Waals surface area contributed by atoms with Crippen LogP contribution in [-0.2, 0) is 6.54 Å². The molecule has 4 heteroatoms. The Morgan fingerprint density at radius 1 is 1.10 bits per heavy atom. The molecule has 1 N–H and O–H groups in total. The van der Waals surface area contributed by atoms with Crippen molar-refractivity contribution in [2.75, 3.05) is 23.3 Å². The average molecular weight is 349 g/mol. The largest absolute Gasteiger partial charge is 0.381 e. The zero-order valence-corrected chi connectivity index (χ0v) is 13.4. The zero-order chi connectivity index (χ0) is 14.7. The van der Waals surface area contributed by atoms with Crippen molar-refractivity contribution >= 4 is 27.3 Å². The van der Waals surface area contributed by atoms with Gasteiger partial charge in [0.25, 0.3) is 0 Å². The summed E-state index contributed by atoms with van der Waals surface area (Å²) in [4.78, 5) is 2.41. The van der Waals surface area contributed by atoms with Crippen molar-refractivity contribution in [1.29, 1.82) is 0 Å². The fourth-order valence-corrected chi connectivity index (χ4v) is 3.05. The molecule has 0 bridgehead atoms. The van der Waals surface area contributed by atoms with Gasteiger partial charge in [0.15, 0.2) is 0 Å². The van der Waals surface area contributed by atoms with Gasteiger partial charge in [-0.3, -0.25) is 0 Å². The van der Waals surface area contributed by atoms with Gasteiger partial charge in [0.1, 0.15) is 5.82 Å². The third-order valence-electron chi connectivity index (χ3n) is 3.81. The maximum atomic E-state index is 13.3. The number of benzene rings is 2. The lowest BCUT2D eigenvalue weighted by Crippen LogP contribution is -2.17. The highest BCUT2D eigenvalue weighted by Crippen LogP contribution is 2.24. The van der Waals surface area contributed by atoms with Crippen molar-refractivity contribution in [3.05, 3.63) is 58.3 Å². The second-order valence-electron chi connectivity index (χ2n) is 5.33. The molecule has 1 fully saturated rings. The quantitative estimate of drug-likeness (QED) is 0.853. The molecule has 0 saturated carbocycles. The van der Waals surface area contributed by atoms with Crippen molar-refractivity contribution in [3.8, 4) is 0 Å². The third-order valence-corrected chi connectivity index (χ3v) is 4.58. The smallest absolute Gasteiger partial charge is 0.123 e. The molecule has 0 spiro atoms. The van der Waals surface area contributed by atoms with Crippen molar-refractivity contribution < 1.29 is 4.39 Å². The van der Waals surface area contributed by atoms with Crippen molar-refractivity contribution in [2.24, 2.45) is 0 Å². The third kappa shape index (κ3) is 3.56. The minimum atomic E-state index is -0.208. The van der Waals surface area contributed by atoms with Gasteiger partial charge in [-0.2, -0.15) is 0 Å². The molecule has 1 aliphatic heterocycles. The van der Waals surface area contributed by atoms with E-state index in [1.54, 1.807) is 12.1 Å². The van der Waals surface area contributed by atoms with Crippen LogP contribution in [0.25, 0.3) is 0 Å². The monoisotopic (exact) mass is 348 g/mol. The van der Waals surface area contributed by atoms with Gasteiger partial charge in [0.2, 0.25) is 0 Å². The van der Waals surface area contributed by atoms with Gasteiger partial charge in [-0.05, 0) is 54.8 Å². The lowest BCUT2D eigenvalue weighted by molar-refractivity contribution is 0.625. The average Bonchev–Trinajstić information content (AvgIpc) is 3.03. The first-order valence-electron chi connectivity index (χ1n) is 7.25. The molecule has 1 heterocycles. The maximum Gasteiger partial charge on any atom is 0.123 e. The minimum Gasteiger partial charge on any atom is -0.381 e. The first-order valence-corrected chi connectivity index (χ1v) is 8.04. The molecule has 2 aromatic carbocycles. The topological polar surface area (TPSA) is 15.3 Å². The lowest BCUT2D eigenvalue weighted by atomic mass is 10.2. The first-order chi connectivity index (χ1) is 10.2. The summed E-state index contributed by atoms with van der Waals surface area (Å²) in [6.07, 6.45) is 2.54. The number of hydrogen-bond acceptors (Lipinski definition) is 2. The van der Waals surface area contributed by atoms with Gasteiger partial charge in [-0.25, -0.2) is 4.39 Å². The molecule has 0 amide bonds. The van der Waals surface area contributed by atoms with E-state index >= 15 is 0 Å². The van der Waals surface area contributed by atoms with Crippen LogP contribution in [0.2, 0.25) is 0 Å². The Morgan fingerprint density at radius 3 is 2.71 bits per heavy atom. The van der Waals surface area contributed by atoms with E-state index in [1.165, 1.54) is 24.6 Å². The lowest BCUT2D eigenvalue weighted by Gasteiger charge is -2.18. The van der Waals surface area contributed by atoms with Crippen LogP contribution >= 0.6 is 15.9 Å². The summed E-state index contributed by atoms with van der Waals surface area (Å²) in [6, 6.07) is 13.2. The predicted molar refractivity (Wildman–Crippen MR) is 89.3 cm³/mol. The zero-order valence-electron chi connectivity index (χ0n) is 11.8. The van der Waals surface area contributed by atoms with Gasteiger partial charge in [0, 0.05) is 35.5 Å². The second-order valence-corrected chi connectivity index (χ2v) is 6.19. The molecule has 3 rings (SSSR count). The molecule has 2 nitrogen and oxygen atoms in total. The molecule has 0 unspecified atom stereocenters. The predicted octanol–water partition coefficient (Wildman–Crippen LogP) is 4.80. The van der Waals surface area contributed by atoms with Crippen LogP contribution in [0, 0.1) is 5.82 Å². The molecule has 1 aliphatic rings. The van der Waals surface area contributed by atoms with Crippen LogP contribution in [-0.4, -0.2) is 13.1 Å². The fraction of sp³-hybridized carbons (Fsp3) is 0.294. The summed E-state index contributed by atoms with van der Waals surface area (Å²) in [5.41, 5.74) is 3.24. The molecule has 0 radical (unpaired) electrons. The normalized spacial score (nSPS) is 14.5. The molecule has 1 saturated heterocycles. The summed E-state index contributed by atoms with van der Waals surface area (Å²) in [5, 5.41) is 3.37. The highest BCUT2D eigenvalue weighted by atomic mass is 79.9. The minimum absolute atomic E-state index is 0.208. The van der Waals surface area contributed by atoms with Crippen molar-refractivity contribution in [2.45, 2.75) is 19.4 Å². The standard InChI is InChI=1S/C17H18BrFN2/c18-17-7-6-14(19)10-13(17)12-20-15-4-3-5-16(11-15)21-8-1-2-9-21/h3-7,10-11,20H,1-2,8-9,12H2. The van der Waals surface area contributed by atoms with Crippen LogP contribution in [0.5, 0.6) is 0 Å². The summed E-state index contributed by atoms with van der Waals surface area (Å²) < 4.78 is 14.2. The van der Waals surface area contributed by atoms with Crippen LogP contribution in [0.1, 0.15) is 18.4 Å². The van der Waals surface area contributed by atoms with Crippen LogP contribution in [0.4, 0.5) is 15.8 Å². The van der Waals surface area contributed by atoms with Gasteiger partial charge in [0.05, 0.1) is 0 Å². The second kappa shape index (κ2) is 6.48. The molecule has 0 aliphatic carbocycles. The van der Waals surface area contributed by atoms with E-state index < -0.39 is 0 Å².